The maximum atomic E-state index is 11.9. The van der Waals surface area contributed by atoms with Gasteiger partial charge in [-0.15, -0.1) is 0 Å². The lowest BCUT2D eigenvalue weighted by Gasteiger charge is -2.39. The van der Waals surface area contributed by atoms with E-state index in [2.05, 4.69) is 16.0 Å². The first-order valence-corrected chi connectivity index (χ1v) is 8.08. The van der Waals surface area contributed by atoms with E-state index in [1.807, 2.05) is 17.0 Å². The molecule has 2 fully saturated rings. The molecule has 6 heteroatoms. The van der Waals surface area contributed by atoms with E-state index >= 15 is 0 Å². The van der Waals surface area contributed by atoms with Crippen LogP contribution in [0.15, 0.2) is 24.4 Å². The number of hydrogen-bond donors (Lipinski definition) is 0. The van der Waals surface area contributed by atoms with Crippen molar-refractivity contribution in [2.24, 2.45) is 0 Å². The molecular formula is C17H15ClN4O. The third-order valence-electron chi connectivity index (χ3n) is 4.75. The van der Waals surface area contributed by atoms with Crippen molar-refractivity contribution in [2.45, 2.75) is 18.9 Å². The molecule has 1 unspecified atom stereocenters. The number of benzene rings is 1. The minimum absolute atomic E-state index is 0.241. The van der Waals surface area contributed by atoms with E-state index < -0.39 is 0 Å². The van der Waals surface area contributed by atoms with Crippen LogP contribution in [0.4, 0.5) is 5.69 Å². The summed E-state index contributed by atoms with van der Waals surface area (Å²) >= 11 is 6.25. The fraction of sp³-hybridized carbons (Fsp3) is 0.353. The summed E-state index contributed by atoms with van der Waals surface area (Å²) in [5.41, 5.74) is 2.16. The van der Waals surface area contributed by atoms with Crippen molar-refractivity contribution in [3.05, 3.63) is 35.0 Å². The Hall–Kier alpha value is -2.32. The highest BCUT2D eigenvalue weighted by atomic mass is 35.5. The van der Waals surface area contributed by atoms with Crippen molar-refractivity contribution < 1.29 is 4.79 Å². The molecule has 23 heavy (non-hydrogen) atoms. The minimum Gasteiger partial charge on any atom is -0.366 e. The second-order valence-corrected chi connectivity index (χ2v) is 6.40. The average Bonchev–Trinajstić information content (AvgIpc) is 2.94. The molecule has 5 nitrogen and oxygen atoms in total. The SMILES string of the molecule is N#Cc1cnc2c(Cl)cccc2c1N1CCN2C(=O)CCC2C1. The smallest absolute Gasteiger partial charge is 0.223 e. The van der Waals surface area contributed by atoms with Gasteiger partial charge < -0.3 is 9.80 Å². The number of carbonyl (C=O) groups excluding carboxylic acids is 1. The summed E-state index contributed by atoms with van der Waals surface area (Å²) in [7, 11) is 0. The predicted octanol–water partition coefficient (Wildman–Crippen LogP) is 2.57. The van der Waals surface area contributed by atoms with Gasteiger partial charge in [-0.2, -0.15) is 5.26 Å². The van der Waals surface area contributed by atoms with E-state index in [0.717, 1.165) is 30.6 Å². The Kier molecular flexibility index (Phi) is 3.35. The fourth-order valence-corrected chi connectivity index (χ4v) is 3.89. The minimum atomic E-state index is 0.241. The van der Waals surface area contributed by atoms with Gasteiger partial charge in [0.25, 0.3) is 0 Å². The van der Waals surface area contributed by atoms with Gasteiger partial charge in [0.05, 0.1) is 21.8 Å². The highest BCUT2D eigenvalue weighted by Gasteiger charge is 2.36. The third-order valence-corrected chi connectivity index (χ3v) is 5.06. The molecule has 1 atom stereocenters. The van der Waals surface area contributed by atoms with Crippen molar-refractivity contribution in [3.8, 4) is 6.07 Å². The molecule has 3 heterocycles. The van der Waals surface area contributed by atoms with E-state index in [1.54, 1.807) is 12.3 Å². The van der Waals surface area contributed by atoms with Crippen LogP contribution in [-0.4, -0.2) is 41.5 Å². The molecule has 0 N–H and O–H groups in total. The molecule has 0 saturated carbocycles. The molecule has 116 valence electrons. The lowest BCUT2D eigenvalue weighted by molar-refractivity contribution is -0.129. The number of halogens is 1. The van der Waals surface area contributed by atoms with Crippen LogP contribution in [-0.2, 0) is 4.79 Å². The monoisotopic (exact) mass is 326 g/mol. The first kappa shape index (κ1) is 14.3. The molecule has 0 aliphatic carbocycles. The molecule has 1 aromatic heterocycles. The van der Waals surface area contributed by atoms with Gasteiger partial charge in [-0.05, 0) is 12.5 Å². The van der Waals surface area contributed by atoms with Crippen LogP contribution in [0.5, 0.6) is 0 Å². The largest absolute Gasteiger partial charge is 0.366 e. The maximum Gasteiger partial charge on any atom is 0.223 e. The number of para-hydroxylation sites is 1. The predicted molar refractivity (Wildman–Crippen MR) is 88.4 cm³/mol. The topological polar surface area (TPSA) is 60.2 Å². The zero-order valence-corrected chi connectivity index (χ0v) is 13.3. The first-order chi connectivity index (χ1) is 11.2. The third kappa shape index (κ3) is 2.22. The number of anilines is 1. The zero-order chi connectivity index (χ0) is 16.0. The summed E-state index contributed by atoms with van der Waals surface area (Å²) in [4.78, 5) is 20.4. The highest BCUT2D eigenvalue weighted by molar-refractivity contribution is 6.35. The standard InChI is InChI=1S/C17H15ClN4O/c18-14-3-1-2-13-16(14)20-9-11(8-19)17(13)21-6-7-22-12(10-21)4-5-15(22)23/h1-3,9,12H,4-7,10H2. The van der Waals surface area contributed by atoms with Crippen molar-refractivity contribution in [3.63, 3.8) is 0 Å². The number of pyridine rings is 1. The van der Waals surface area contributed by atoms with E-state index in [-0.39, 0.29) is 11.9 Å². The number of fused-ring (bicyclic) bond motifs is 2. The Morgan fingerprint density at radius 1 is 1.35 bits per heavy atom. The van der Waals surface area contributed by atoms with Gasteiger partial charge in [0.1, 0.15) is 6.07 Å². The lowest BCUT2D eigenvalue weighted by Crippen LogP contribution is -2.51. The molecule has 4 rings (SSSR count). The number of rotatable bonds is 1. The molecule has 2 aliphatic rings. The van der Waals surface area contributed by atoms with Crippen LogP contribution < -0.4 is 4.90 Å². The summed E-state index contributed by atoms with van der Waals surface area (Å²) in [6.07, 6.45) is 3.11. The van der Waals surface area contributed by atoms with Crippen LogP contribution >= 0.6 is 11.6 Å². The van der Waals surface area contributed by atoms with Crippen molar-refractivity contribution >= 4 is 34.1 Å². The number of piperazine rings is 1. The quantitative estimate of drug-likeness (QED) is 0.808. The van der Waals surface area contributed by atoms with Gasteiger partial charge >= 0.3 is 0 Å². The van der Waals surface area contributed by atoms with Gasteiger partial charge in [-0.1, -0.05) is 23.7 Å². The summed E-state index contributed by atoms with van der Waals surface area (Å²) in [6.45, 7) is 2.19. The van der Waals surface area contributed by atoms with E-state index in [4.69, 9.17) is 11.6 Å². The number of amides is 1. The normalized spacial score (nSPS) is 20.7. The van der Waals surface area contributed by atoms with Gasteiger partial charge in [-0.25, -0.2) is 0 Å². The van der Waals surface area contributed by atoms with Gasteiger partial charge in [0.2, 0.25) is 5.91 Å². The van der Waals surface area contributed by atoms with Gasteiger partial charge in [-0.3, -0.25) is 9.78 Å². The molecule has 2 aromatic rings. The number of nitrogens with zero attached hydrogens (tertiary/aromatic N) is 4. The zero-order valence-electron chi connectivity index (χ0n) is 12.5. The van der Waals surface area contributed by atoms with Gasteiger partial charge in [0, 0.05) is 43.7 Å². The molecular weight excluding hydrogens is 312 g/mol. The second-order valence-electron chi connectivity index (χ2n) is 5.99. The molecule has 0 radical (unpaired) electrons. The van der Waals surface area contributed by atoms with Crippen LogP contribution in [0.1, 0.15) is 18.4 Å². The Labute approximate surface area is 139 Å². The van der Waals surface area contributed by atoms with Crippen LogP contribution in [0, 0.1) is 11.3 Å². The van der Waals surface area contributed by atoms with Crippen LogP contribution in [0.3, 0.4) is 0 Å². The van der Waals surface area contributed by atoms with Crippen molar-refractivity contribution in [1.82, 2.24) is 9.88 Å². The summed E-state index contributed by atoms with van der Waals surface area (Å²) in [5, 5.41) is 11.0. The Balaban J connectivity index is 1.81. The van der Waals surface area contributed by atoms with E-state index in [9.17, 15) is 10.1 Å². The number of carbonyl (C=O) groups is 1. The molecule has 0 bridgehead atoms. The van der Waals surface area contributed by atoms with Crippen LogP contribution in [0.25, 0.3) is 10.9 Å². The Bertz CT molecular complexity index is 844. The number of nitriles is 1. The Morgan fingerprint density at radius 2 is 2.22 bits per heavy atom. The van der Waals surface area contributed by atoms with Gasteiger partial charge in [0.15, 0.2) is 0 Å². The molecule has 1 aromatic carbocycles. The summed E-state index contributed by atoms with van der Waals surface area (Å²) in [6, 6.07) is 8.13. The van der Waals surface area contributed by atoms with E-state index in [1.165, 1.54) is 0 Å². The second kappa shape index (κ2) is 5.39. The maximum absolute atomic E-state index is 11.9. The highest BCUT2D eigenvalue weighted by Crippen LogP contribution is 2.35. The molecule has 1 amide bonds. The van der Waals surface area contributed by atoms with Crippen molar-refractivity contribution in [2.75, 3.05) is 24.5 Å². The summed E-state index contributed by atoms with van der Waals surface area (Å²) < 4.78 is 0. The molecule has 2 saturated heterocycles. The Morgan fingerprint density at radius 3 is 3.04 bits per heavy atom. The lowest BCUT2D eigenvalue weighted by atomic mass is 10.1. The number of hydrogen-bond acceptors (Lipinski definition) is 4. The summed E-state index contributed by atoms with van der Waals surface area (Å²) in [5.74, 6) is 0.248. The molecule has 0 spiro atoms. The van der Waals surface area contributed by atoms with Crippen molar-refractivity contribution in [1.29, 1.82) is 5.26 Å². The molecule has 2 aliphatic heterocycles. The van der Waals surface area contributed by atoms with E-state index in [0.29, 0.717) is 29.1 Å². The van der Waals surface area contributed by atoms with Crippen LogP contribution in [0.2, 0.25) is 5.02 Å². The first-order valence-electron chi connectivity index (χ1n) is 7.71. The average molecular weight is 327 g/mol. The fourth-order valence-electron chi connectivity index (χ4n) is 3.66. The number of aromatic nitrogens is 1.